The number of nitrogens with one attached hydrogen (secondary N) is 4. The van der Waals surface area contributed by atoms with Gasteiger partial charge in [-0.1, -0.05) is 30.3 Å². The monoisotopic (exact) mass is 415 g/mol. The molecule has 0 heterocycles. The number of carbonyl (C=O) groups is 3. The summed E-state index contributed by atoms with van der Waals surface area (Å²) in [5.74, 6) is -2.31. The van der Waals surface area contributed by atoms with Crippen molar-refractivity contribution < 1.29 is 27.9 Å². The van der Waals surface area contributed by atoms with E-state index in [1.54, 1.807) is 30.3 Å². The van der Waals surface area contributed by atoms with E-state index in [1.807, 2.05) is 0 Å². The second-order valence-electron chi connectivity index (χ2n) is 5.94. The quantitative estimate of drug-likeness (QED) is 0.249. The smallest absolute Gasteiger partial charge is 0.247 e. The molecule has 12 heteroatoms. The minimum atomic E-state index is -3.57. The molecule has 0 aliphatic heterocycles. The highest BCUT2D eigenvalue weighted by Crippen LogP contribution is 2.12. The first-order valence-electron chi connectivity index (χ1n) is 8.31. The third kappa shape index (κ3) is 8.90. The van der Waals surface area contributed by atoms with Crippen molar-refractivity contribution in [2.75, 3.05) is 39.5 Å². The van der Waals surface area contributed by atoms with Crippen LogP contribution in [-0.4, -0.2) is 75.8 Å². The fraction of sp³-hybridized carbons (Fsp3) is 0.438. The summed E-state index contributed by atoms with van der Waals surface area (Å²) in [6, 6.07) is 7.23. The molecular weight excluding hydrogens is 390 g/mol. The van der Waals surface area contributed by atoms with Crippen molar-refractivity contribution in [3.05, 3.63) is 35.9 Å². The molecule has 0 aliphatic rings. The number of rotatable bonds is 11. The average molecular weight is 415 g/mol. The van der Waals surface area contributed by atoms with Crippen LogP contribution in [0.1, 0.15) is 11.6 Å². The minimum absolute atomic E-state index is 0.138. The second kappa shape index (κ2) is 11.3. The summed E-state index contributed by atoms with van der Waals surface area (Å²) in [4.78, 5) is 37.9. The van der Waals surface area contributed by atoms with Gasteiger partial charge in [-0.05, 0) is 5.56 Å². The Kier molecular flexibility index (Phi) is 9.51. The number of amides is 3. The molecule has 0 aromatic heterocycles. The van der Waals surface area contributed by atoms with Crippen molar-refractivity contribution in [3.63, 3.8) is 0 Å². The number of nitrogens with zero attached hydrogens (tertiary/aromatic N) is 1. The highest BCUT2D eigenvalue weighted by Gasteiger charge is 2.22. The molecule has 0 spiro atoms. The SMILES string of the molecule is CN(C)NS(=O)(=O)CCNC(=O)CNC(=O)[C@H](NC(=O)CO)c1ccccc1. The van der Waals surface area contributed by atoms with E-state index in [2.05, 4.69) is 20.8 Å². The van der Waals surface area contributed by atoms with Gasteiger partial charge in [-0.2, -0.15) is 0 Å². The van der Waals surface area contributed by atoms with Crippen LogP contribution >= 0.6 is 0 Å². The molecule has 1 aromatic carbocycles. The molecule has 1 atom stereocenters. The molecule has 5 N–H and O–H groups in total. The van der Waals surface area contributed by atoms with Gasteiger partial charge in [0.2, 0.25) is 27.7 Å². The van der Waals surface area contributed by atoms with Gasteiger partial charge in [0.15, 0.2) is 0 Å². The van der Waals surface area contributed by atoms with E-state index in [-0.39, 0.29) is 12.3 Å². The molecule has 28 heavy (non-hydrogen) atoms. The number of hydrazine groups is 1. The number of carbonyl (C=O) groups excluding carboxylic acids is 3. The molecule has 0 bridgehead atoms. The lowest BCUT2D eigenvalue weighted by Crippen LogP contribution is -2.45. The fourth-order valence-corrected chi connectivity index (χ4v) is 3.15. The molecular formula is C16H25N5O6S. The van der Waals surface area contributed by atoms with Gasteiger partial charge in [0.05, 0.1) is 12.3 Å². The van der Waals surface area contributed by atoms with Crippen LogP contribution in [0.15, 0.2) is 30.3 Å². The predicted octanol–water partition coefficient (Wildman–Crippen LogP) is -2.54. The fourth-order valence-electron chi connectivity index (χ4n) is 2.13. The van der Waals surface area contributed by atoms with E-state index in [0.29, 0.717) is 5.56 Å². The molecule has 3 amide bonds. The van der Waals surface area contributed by atoms with Gasteiger partial charge in [-0.15, -0.1) is 4.83 Å². The molecule has 156 valence electrons. The molecule has 1 rings (SSSR count). The summed E-state index contributed by atoms with van der Waals surface area (Å²) < 4.78 is 23.3. The minimum Gasteiger partial charge on any atom is -0.387 e. The van der Waals surface area contributed by atoms with E-state index >= 15 is 0 Å². The van der Waals surface area contributed by atoms with Crippen LogP contribution in [-0.2, 0) is 24.4 Å². The normalized spacial score (nSPS) is 12.3. The maximum atomic E-state index is 12.4. The maximum absolute atomic E-state index is 12.4. The van der Waals surface area contributed by atoms with Crippen molar-refractivity contribution in [2.24, 2.45) is 0 Å². The Morgan fingerprint density at radius 1 is 1.07 bits per heavy atom. The van der Waals surface area contributed by atoms with Crippen LogP contribution in [0.4, 0.5) is 0 Å². The molecule has 0 aliphatic carbocycles. The van der Waals surface area contributed by atoms with Crippen molar-refractivity contribution in [2.45, 2.75) is 6.04 Å². The summed E-state index contributed by atoms with van der Waals surface area (Å²) in [6.07, 6.45) is 0. The number of sulfonamides is 1. The van der Waals surface area contributed by atoms with Gasteiger partial charge in [0, 0.05) is 20.6 Å². The van der Waals surface area contributed by atoms with Crippen molar-refractivity contribution in [1.82, 2.24) is 25.8 Å². The standard InChI is InChI=1S/C16H25N5O6S/c1-21(2)20-28(26,27)9-8-17-13(23)10-18-16(25)15(19-14(24)11-22)12-6-4-3-5-7-12/h3-7,15,20,22H,8-11H2,1-2H3,(H,17,23)(H,18,25)(H,19,24)/t15-/m1/s1. The zero-order valence-electron chi connectivity index (χ0n) is 15.6. The zero-order chi connectivity index (χ0) is 21.2. The summed E-state index contributed by atoms with van der Waals surface area (Å²) in [7, 11) is -0.534. The zero-order valence-corrected chi connectivity index (χ0v) is 16.5. The van der Waals surface area contributed by atoms with E-state index < -0.39 is 46.9 Å². The third-order valence-electron chi connectivity index (χ3n) is 3.28. The van der Waals surface area contributed by atoms with Crippen LogP contribution < -0.4 is 20.8 Å². The molecule has 0 fully saturated rings. The van der Waals surface area contributed by atoms with E-state index in [1.165, 1.54) is 19.1 Å². The summed E-state index contributed by atoms with van der Waals surface area (Å²) in [5, 5.41) is 17.3. The highest BCUT2D eigenvalue weighted by molar-refractivity contribution is 7.89. The first-order chi connectivity index (χ1) is 13.1. The first kappa shape index (κ1) is 23.5. The van der Waals surface area contributed by atoms with Gasteiger partial charge in [0.25, 0.3) is 0 Å². The topological polar surface area (TPSA) is 157 Å². The lowest BCUT2D eigenvalue weighted by atomic mass is 10.1. The number of aliphatic hydroxyl groups excluding tert-OH is 1. The number of benzene rings is 1. The average Bonchev–Trinajstić information content (AvgIpc) is 2.63. The van der Waals surface area contributed by atoms with Gasteiger partial charge < -0.3 is 21.1 Å². The molecule has 0 radical (unpaired) electrons. The third-order valence-corrected chi connectivity index (χ3v) is 4.67. The largest absolute Gasteiger partial charge is 0.387 e. The molecule has 11 nitrogen and oxygen atoms in total. The van der Waals surface area contributed by atoms with E-state index in [4.69, 9.17) is 5.11 Å². The summed E-state index contributed by atoms with van der Waals surface area (Å²) in [5.41, 5.74) is 0.475. The van der Waals surface area contributed by atoms with Gasteiger partial charge in [-0.3, -0.25) is 14.4 Å². The number of hydrogen-bond donors (Lipinski definition) is 5. The lowest BCUT2D eigenvalue weighted by Gasteiger charge is -2.18. The molecule has 0 saturated heterocycles. The number of hydrogen-bond acceptors (Lipinski definition) is 7. The van der Waals surface area contributed by atoms with Gasteiger partial charge in [-0.25, -0.2) is 13.4 Å². The Hall–Kier alpha value is -2.54. The van der Waals surface area contributed by atoms with Crippen LogP contribution in [0, 0.1) is 0 Å². The predicted molar refractivity (Wildman–Crippen MR) is 101 cm³/mol. The van der Waals surface area contributed by atoms with Gasteiger partial charge >= 0.3 is 0 Å². The van der Waals surface area contributed by atoms with E-state index in [0.717, 1.165) is 0 Å². The van der Waals surface area contributed by atoms with Crippen LogP contribution in [0.5, 0.6) is 0 Å². The van der Waals surface area contributed by atoms with Crippen molar-refractivity contribution >= 4 is 27.7 Å². The Labute approximate surface area is 163 Å². The van der Waals surface area contributed by atoms with Crippen LogP contribution in [0.25, 0.3) is 0 Å². The van der Waals surface area contributed by atoms with Crippen molar-refractivity contribution in [1.29, 1.82) is 0 Å². The van der Waals surface area contributed by atoms with Crippen LogP contribution in [0.2, 0.25) is 0 Å². The summed E-state index contributed by atoms with van der Waals surface area (Å²) in [6.45, 7) is -1.33. The van der Waals surface area contributed by atoms with Crippen LogP contribution in [0.3, 0.4) is 0 Å². The molecule has 0 saturated carbocycles. The second-order valence-corrected chi connectivity index (χ2v) is 7.76. The van der Waals surface area contributed by atoms with Crippen molar-refractivity contribution in [3.8, 4) is 0 Å². The molecule has 1 aromatic rings. The summed E-state index contributed by atoms with van der Waals surface area (Å²) >= 11 is 0. The maximum Gasteiger partial charge on any atom is 0.247 e. The van der Waals surface area contributed by atoms with Gasteiger partial charge in [0.1, 0.15) is 12.6 Å². The first-order valence-corrected chi connectivity index (χ1v) is 9.97. The Bertz CT molecular complexity index is 769. The van der Waals surface area contributed by atoms with E-state index in [9.17, 15) is 22.8 Å². The lowest BCUT2D eigenvalue weighted by molar-refractivity contribution is -0.131. The molecule has 0 unspecified atom stereocenters. The highest BCUT2D eigenvalue weighted by atomic mass is 32.2. The Balaban J connectivity index is 2.55. The Morgan fingerprint density at radius 3 is 2.29 bits per heavy atom. The number of aliphatic hydroxyl groups is 1. The Morgan fingerprint density at radius 2 is 1.71 bits per heavy atom.